The molecule has 8 nitrogen and oxygen atoms in total. The minimum Gasteiger partial charge on any atom is -0.454 e. The quantitative estimate of drug-likeness (QED) is 0.460. The number of carbonyl (C=O) groups excluding carboxylic acids is 2. The summed E-state index contributed by atoms with van der Waals surface area (Å²) in [6.07, 6.45) is -3.29. The molecule has 0 spiro atoms. The molecule has 1 aromatic rings. The van der Waals surface area contributed by atoms with Gasteiger partial charge in [0.2, 0.25) is 15.9 Å². The molecule has 1 aliphatic heterocycles. The summed E-state index contributed by atoms with van der Waals surface area (Å²) in [6, 6.07) is 7.14. The molecule has 0 aromatic heterocycles. The first-order valence-electron chi connectivity index (χ1n) is 11.0. The molecule has 12 heteroatoms. The number of nitrogens with zero attached hydrogens (tertiary/aromatic N) is 2. The van der Waals surface area contributed by atoms with Gasteiger partial charge in [-0.1, -0.05) is 31.2 Å². The van der Waals surface area contributed by atoms with Crippen LogP contribution in [-0.2, 0) is 37.3 Å². The van der Waals surface area contributed by atoms with Gasteiger partial charge in [-0.05, 0) is 36.4 Å². The first-order valence-corrected chi connectivity index (χ1v) is 12.9. The molecule has 1 heterocycles. The van der Waals surface area contributed by atoms with Crippen molar-refractivity contribution >= 4 is 21.9 Å². The molecular weight excluding hydrogens is 475 g/mol. The van der Waals surface area contributed by atoms with Crippen LogP contribution in [0.3, 0.4) is 0 Å². The van der Waals surface area contributed by atoms with Gasteiger partial charge < -0.3 is 9.64 Å². The average molecular weight is 508 g/mol. The Morgan fingerprint density at radius 3 is 2.44 bits per heavy atom. The lowest BCUT2D eigenvalue weighted by atomic mass is 10.1. The fourth-order valence-electron chi connectivity index (χ4n) is 3.68. The molecule has 1 saturated heterocycles. The SMILES string of the molecule is C[C@@H](CCN1CC[C@H](OC(=O)C(F)(F)F)C1)CN(C)C(=O)Cc1ccc(CNS(C)(=O)=O)cc1. The van der Waals surface area contributed by atoms with Crippen LogP contribution >= 0.6 is 0 Å². The van der Waals surface area contributed by atoms with Crippen molar-refractivity contribution in [3.05, 3.63) is 35.4 Å². The van der Waals surface area contributed by atoms with Gasteiger partial charge in [-0.15, -0.1) is 0 Å². The van der Waals surface area contributed by atoms with Gasteiger partial charge in [-0.25, -0.2) is 17.9 Å². The number of amides is 1. The van der Waals surface area contributed by atoms with Crippen LogP contribution in [0.15, 0.2) is 24.3 Å². The smallest absolute Gasteiger partial charge is 0.454 e. The zero-order valence-electron chi connectivity index (χ0n) is 19.6. The van der Waals surface area contributed by atoms with Crippen molar-refractivity contribution in [3.63, 3.8) is 0 Å². The lowest BCUT2D eigenvalue weighted by Crippen LogP contribution is -2.34. The van der Waals surface area contributed by atoms with Gasteiger partial charge in [0.1, 0.15) is 6.10 Å². The first kappa shape index (κ1) is 28.1. The second-order valence-electron chi connectivity index (χ2n) is 8.87. The van der Waals surface area contributed by atoms with E-state index in [1.54, 1.807) is 36.2 Å². The van der Waals surface area contributed by atoms with Gasteiger partial charge in [0, 0.05) is 33.2 Å². The van der Waals surface area contributed by atoms with E-state index >= 15 is 0 Å². The molecule has 0 aliphatic carbocycles. The Hall–Kier alpha value is -2.18. The van der Waals surface area contributed by atoms with Crippen LogP contribution in [0.1, 0.15) is 30.9 Å². The van der Waals surface area contributed by atoms with E-state index in [0.717, 1.165) is 23.8 Å². The fourth-order valence-corrected chi connectivity index (χ4v) is 4.11. The van der Waals surface area contributed by atoms with Gasteiger partial charge >= 0.3 is 12.1 Å². The van der Waals surface area contributed by atoms with Crippen molar-refractivity contribution in [2.45, 2.75) is 45.0 Å². The van der Waals surface area contributed by atoms with E-state index < -0.39 is 28.3 Å². The van der Waals surface area contributed by atoms with Crippen LogP contribution in [0, 0.1) is 5.92 Å². The lowest BCUT2D eigenvalue weighted by Gasteiger charge is -2.24. The van der Waals surface area contributed by atoms with Gasteiger partial charge in [0.25, 0.3) is 0 Å². The summed E-state index contributed by atoms with van der Waals surface area (Å²) in [5.74, 6) is -2.02. The van der Waals surface area contributed by atoms with Crippen molar-refractivity contribution in [1.82, 2.24) is 14.5 Å². The molecular formula is C22H32F3N3O5S. The minimum absolute atomic E-state index is 0.0471. The Morgan fingerprint density at radius 1 is 1.24 bits per heavy atom. The molecule has 1 fully saturated rings. The number of halogens is 3. The third-order valence-corrected chi connectivity index (χ3v) is 6.27. The second kappa shape index (κ2) is 12.0. The summed E-state index contributed by atoms with van der Waals surface area (Å²) in [5, 5.41) is 0. The highest BCUT2D eigenvalue weighted by Crippen LogP contribution is 2.21. The summed E-state index contributed by atoms with van der Waals surface area (Å²) in [5.41, 5.74) is 1.62. The van der Waals surface area contributed by atoms with Crippen LogP contribution in [0.2, 0.25) is 0 Å². The number of alkyl halides is 3. The first-order chi connectivity index (χ1) is 15.7. The molecule has 0 bridgehead atoms. The van der Waals surface area contributed by atoms with Crippen LogP contribution < -0.4 is 4.72 Å². The number of esters is 1. The highest BCUT2D eigenvalue weighted by atomic mass is 32.2. The zero-order chi connectivity index (χ0) is 25.5. The van der Waals surface area contributed by atoms with E-state index in [1.807, 2.05) is 11.8 Å². The molecule has 2 atom stereocenters. The number of carbonyl (C=O) groups is 2. The number of nitrogens with one attached hydrogen (secondary N) is 1. The third kappa shape index (κ3) is 9.98. The number of benzene rings is 1. The van der Waals surface area contributed by atoms with Crippen LogP contribution in [-0.4, -0.2) is 81.9 Å². The number of rotatable bonds is 11. The predicted molar refractivity (Wildman–Crippen MR) is 120 cm³/mol. The summed E-state index contributed by atoms with van der Waals surface area (Å²) in [6.45, 7) is 4.21. The van der Waals surface area contributed by atoms with E-state index in [2.05, 4.69) is 9.46 Å². The zero-order valence-corrected chi connectivity index (χ0v) is 20.4. The van der Waals surface area contributed by atoms with E-state index in [-0.39, 0.29) is 31.3 Å². The number of sulfonamides is 1. The number of hydrogen-bond acceptors (Lipinski definition) is 6. The van der Waals surface area contributed by atoms with Crippen molar-refractivity contribution < 1.29 is 35.9 Å². The summed E-state index contributed by atoms with van der Waals surface area (Å²) in [4.78, 5) is 27.1. The largest absolute Gasteiger partial charge is 0.490 e. The normalized spacial score (nSPS) is 18.0. The number of likely N-dealkylation sites (N-methyl/N-ethyl adjacent to an activating group) is 1. The summed E-state index contributed by atoms with van der Waals surface area (Å²) < 4.78 is 66.2. The Kier molecular flexibility index (Phi) is 9.89. The molecule has 1 aromatic carbocycles. The predicted octanol–water partition coefficient (Wildman–Crippen LogP) is 1.94. The number of ether oxygens (including phenoxy) is 1. The Bertz CT molecular complexity index is 938. The molecule has 0 unspecified atom stereocenters. The van der Waals surface area contributed by atoms with E-state index in [1.165, 1.54) is 0 Å². The van der Waals surface area contributed by atoms with Crippen LogP contribution in [0.5, 0.6) is 0 Å². The van der Waals surface area contributed by atoms with Crippen molar-refractivity contribution in [3.8, 4) is 0 Å². The summed E-state index contributed by atoms with van der Waals surface area (Å²) in [7, 11) is -1.54. The number of hydrogen-bond donors (Lipinski definition) is 1. The molecule has 1 N–H and O–H groups in total. The van der Waals surface area contributed by atoms with Crippen LogP contribution in [0.25, 0.3) is 0 Å². The van der Waals surface area contributed by atoms with Crippen molar-refractivity contribution in [2.75, 3.05) is 39.5 Å². The Morgan fingerprint density at radius 2 is 1.85 bits per heavy atom. The molecule has 34 heavy (non-hydrogen) atoms. The Labute approximate surface area is 198 Å². The minimum atomic E-state index is -4.98. The Balaban J connectivity index is 1.70. The molecule has 1 aliphatic rings. The third-order valence-electron chi connectivity index (χ3n) is 5.60. The van der Waals surface area contributed by atoms with Gasteiger partial charge in [0.15, 0.2) is 0 Å². The topological polar surface area (TPSA) is 96.0 Å². The molecule has 2 rings (SSSR count). The molecule has 0 radical (unpaired) electrons. The second-order valence-corrected chi connectivity index (χ2v) is 10.7. The van der Waals surface area contributed by atoms with Gasteiger partial charge in [-0.3, -0.25) is 9.69 Å². The average Bonchev–Trinajstić information content (AvgIpc) is 3.17. The fraction of sp³-hybridized carbons (Fsp3) is 0.636. The maximum absolute atomic E-state index is 12.6. The van der Waals surface area contributed by atoms with E-state index in [0.29, 0.717) is 26.1 Å². The highest BCUT2D eigenvalue weighted by molar-refractivity contribution is 7.88. The molecule has 1 amide bonds. The maximum atomic E-state index is 12.6. The summed E-state index contributed by atoms with van der Waals surface area (Å²) >= 11 is 0. The van der Waals surface area contributed by atoms with Crippen LogP contribution in [0.4, 0.5) is 13.2 Å². The number of likely N-dealkylation sites (tertiary alicyclic amines) is 1. The standard InChI is InChI=1S/C22H32F3N3O5S/c1-16(8-10-28-11-9-19(15-28)33-21(30)22(23,24)25)14-27(2)20(29)12-17-4-6-18(7-5-17)13-26-34(3,31)32/h4-7,16,19,26H,8-15H2,1-3H3/t16-,19-/m0/s1. The molecule has 0 saturated carbocycles. The van der Waals surface area contributed by atoms with Crippen molar-refractivity contribution in [2.24, 2.45) is 5.92 Å². The maximum Gasteiger partial charge on any atom is 0.490 e. The monoisotopic (exact) mass is 507 g/mol. The lowest BCUT2D eigenvalue weighted by molar-refractivity contribution is -0.204. The van der Waals surface area contributed by atoms with Gasteiger partial charge in [-0.2, -0.15) is 13.2 Å². The molecule has 192 valence electrons. The van der Waals surface area contributed by atoms with Gasteiger partial charge in [0.05, 0.1) is 12.7 Å². The highest BCUT2D eigenvalue weighted by Gasteiger charge is 2.43. The van der Waals surface area contributed by atoms with Crippen molar-refractivity contribution in [1.29, 1.82) is 0 Å². The van der Waals surface area contributed by atoms with E-state index in [4.69, 9.17) is 0 Å². The van der Waals surface area contributed by atoms with E-state index in [9.17, 15) is 31.2 Å².